The van der Waals surface area contributed by atoms with Gasteiger partial charge < -0.3 is 4.57 Å². The monoisotopic (exact) mass is 215 g/mol. The van der Waals surface area contributed by atoms with E-state index in [9.17, 15) is 9.59 Å². The van der Waals surface area contributed by atoms with Crippen LogP contribution < -0.4 is 5.56 Å². The summed E-state index contributed by atoms with van der Waals surface area (Å²) in [7, 11) is 1.70. The average Bonchev–Trinajstić information content (AvgIpc) is 2.32. The molecule has 0 radical (unpaired) electrons. The van der Waals surface area contributed by atoms with E-state index < -0.39 is 0 Å². The summed E-state index contributed by atoms with van der Waals surface area (Å²) in [4.78, 5) is 23.6. The molecule has 0 atom stereocenters. The molecule has 2 rings (SSSR count). The van der Waals surface area contributed by atoms with Crippen LogP contribution >= 0.6 is 0 Å². The molecule has 1 heterocycles. The summed E-state index contributed by atoms with van der Waals surface area (Å²) in [5.41, 5.74) is 0.570. The summed E-state index contributed by atoms with van der Waals surface area (Å²) in [5.74, 6) is 0.0684. The molecule has 1 aromatic carbocycles. The van der Waals surface area contributed by atoms with Crippen LogP contribution in [-0.2, 0) is 7.05 Å². The average molecular weight is 215 g/mol. The first kappa shape index (κ1) is 10.6. The van der Waals surface area contributed by atoms with Gasteiger partial charge in [0, 0.05) is 30.6 Å². The minimum absolute atomic E-state index is 0.0664. The van der Waals surface area contributed by atoms with E-state index >= 15 is 0 Å². The second kappa shape index (κ2) is 3.93. The Bertz CT molecular complexity index is 611. The molecular formula is C13H13NO2. The molecule has 0 unspecified atom stereocenters. The molecule has 0 spiro atoms. The fourth-order valence-electron chi connectivity index (χ4n) is 1.81. The molecule has 16 heavy (non-hydrogen) atoms. The molecule has 0 saturated heterocycles. The van der Waals surface area contributed by atoms with Crippen LogP contribution in [0.5, 0.6) is 0 Å². The topological polar surface area (TPSA) is 39.1 Å². The first-order valence-electron chi connectivity index (χ1n) is 5.26. The van der Waals surface area contributed by atoms with Crippen LogP contribution in [0.1, 0.15) is 23.7 Å². The SMILES string of the molecule is CCC(=O)c1cccc2c(=O)n(C)ccc12. The van der Waals surface area contributed by atoms with E-state index in [4.69, 9.17) is 0 Å². The number of carbonyl (C=O) groups excluding carboxylic acids is 1. The number of rotatable bonds is 2. The van der Waals surface area contributed by atoms with Crippen molar-refractivity contribution in [3.63, 3.8) is 0 Å². The molecule has 1 aromatic heterocycles. The maximum absolute atomic E-state index is 11.8. The molecule has 0 saturated carbocycles. The van der Waals surface area contributed by atoms with E-state index in [2.05, 4.69) is 0 Å². The third-order valence-corrected chi connectivity index (χ3v) is 2.74. The fourth-order valence-corrected chi connectivity index (χ4v) is 1.81. The van der Waals surface area contributed by atoms with Gasteiger partial charge >= 0.3 is 0 Å². The number of hydrogen-bond acceptors (Lipinski definition) is 2. The molecule has 3 heteroatoms. The van der Waals surface area contributed by atoms with Gasteiger partial charge in [-0.1, -0.05) is 19.1 Å². The summed E-state index contributed by atoms with van der Waals surface area (Å²) < 4.78 is 1.52. The number of ketones is 1. The Morgan fingerprint density at radius 3 is 2.69 bits per heavy atom. The van der Waals surface area contributed by atoms with Gasteiger partial charge in [0.1, 0.15) is 0 Å². The van der Waals surface area contributed by atoms with E-state index in [-0.39, 0.29) is 11.3 Å². The van der Waals surface area contributed by atoms with Gasteiger partial charge in [0.25, 0.3) is 5.56 Å². The number of fused-ring (bicyclic) bond motifs is 1. The summed E-state index contributed by atoms with van der Waals surface area (Å²) >= 11 is 0. The van der Waals surface area contributed by atoms with Crippen molar-refractivity contribution in [2.75, 3.05) is 0 Å². The summed E-state index contributed by atoms with van der Waals surface area (Å²) in [6.45, 7) is 1.82. The van der Waals surface area contributed by atoms with E-state index in [1.165, 1.54) is 4.57 Å². The summed E-state index contributed by atoms with van der Waals surface area (Å²) in [6.07, 6.45) is 2.14. The highest BCUT2D eigenvalue weighted by molar-refractivity contribution is 6.07. The highest BCUT2D eigenvalue weighted by atomic mass is 16.1. The van der Waals surface area contributed by atoms with Crippen molar-refractivity contribution in [3.05, 3.63) is 46.4 Å². The van der Waals surface area contributed by atoms with Gasteiger partial charge in [-0.05, 0) is 17.5 Å². The molecule has 0 aliphatic carbocycles. The lowest BCUT2D eigenvalue weighted by molar-refractivity contribution is 0.0990. The summed E-state index contributed by atoms with van der Waals surface area (Å²) in [6, 6.07) is 7.10. The Morgan fingerprint density at radius 1 is 1.25 bits per heavy atom. The van der Waals surface area contributed by atoms with Gasteiger partial charge in [0.05, 0.1) is 0 Å². The minimum Gasteiger partial charge on any atom is -0.318 e. The van der Waals surface area contributed by atoms with Gasteiger partial charge in [-0.25, -0.2) is 0 Å². The Kier molecular flexibility index (Phi) is 2.60. The lowest BCUT2D eigenvalue weighted by atomic mass is 10.0. The molecule has 0 amide bonds. The minimum atomic E-state index is -0.0664. The lowest BCUT2D eigenvalue weighted by Crippen LogP contribution is -2.16. The Balaban J connectivity index is 2.85. The highest BCUT2D eigenvalue weighted by Crippen LogP contribution is 2.16. The number of carbonyl (C=O) groups is 1. The van der Waals surface area contributed by atoms with Crippen LogP contribution in [0.2, 0.25) is 0 Å². The Labute approximate surface area is 93.3 Å². The molecular weight excluding hydrogens is 202 g/mol. The third-order valence-electron chi connectivity index (χ3n) is 2.74. The van der Waals surface area contributed by atoms with Gasteiger partial charge in [-0.2, -0.15) is 0 Å². The smallest absolute Gasteiger partial charge is 0.258 e. The van der Waals surface area contributed by atoms with E-state index in [0.717, 1.165) is 5.39 Å². The van der Waals surface area contributed by atoms with Crippen molar-refractivity contribution in [3.8, 4) is 0 Å². The van der Waals surface area contributed by atoms with Gasteiger partial charge in [0.15, 0.2) is 5.78 Å². The first-order chi connectivity index (χ1) is 7.65. The van der Waals surface area contributed by atoms with Gasteiger partial charge in [-0.15, -0.1) is 0 Å². The molecule has 0 aliphatic rings. The molecule has 0 N–H and O–H groups in total. The number of Topliss-reactive ketones (excluding diaryl/α,β-unsaturated/α-hetero) is 1. The van der Waals surface area contributed by atoms with Gasteiger partial charge in [0.2, 0.25) is 0 Å². The molecule has 3 nitrogen and oxygen atoms in total. The van der Waals surface area contributed by atoms with Crippen molar-refractivity contribution >= 4 is 16.6 Å². The van der Waals surface area contributed by atoms with Crippen molar-refractivity contribution in [1.82, 2.24) is 4.57 Å². The lowest BCUT2D eigenvalue weighted by Gasteiger charge is -2.05. The zero-order valence-electron chi connectivity index (χ0n) is 9.36. The van der Waals surface area contributed by atoms with E-state index in [1.54, 1.807) is 31.4 Å². The number of aromatic nitrogens is 1. The van der Waals surface area contributed by atoms with Crippen molar-refractivity contribution in [1.29, 1.82) is 0 Å². The van der Waals surface area contributed by atoms with Crippen LogP contribution in [0.3, 0.4) is 0 Å². The predicted molar refractivity (Wildman–Crippen MR) is 63.8 cm³/mol. The largest absolute Gasteiger partial charge is 0.318 e. The number of pyridine rings is 1. The number of nitrogens with zero attached hydrogens (tertiary/aromatic N) is 1. The van der Waals surface area contributed by atoms with Crippen molar-refractivity contribution < 1.29 is 4.79 Å². The molecule has 0 fully saturated rings. The second-order valence-corrected chi connectivity index (χ2v) is 3.78. The number of benzene rings is 1. The second-order valence-electron chi connectivity index (χ2n) is 3.78. The van der Waals surface area contributed by atoms with E-state index in [0.29, 0.717) is 17.4 Å². The zero-order valence-corrected chi connectivity index (χ0v) is 9.36. The third kappa shape index (κ3) is 1.54. The highest BCUT2D eigenvalue weighted by Gasteiger charge is 2.09. The van der Waals surface area contributed by atoms with Gasteiger partial charge in [-0.3, -0.25) is 9.59 Å². The van der Waals surface area contributed by atoms with Crippen molar-refractivity contribution in [2.24, 2.45) is 7.05 Å². The predicted octanol–water partition coefficient (Wildman–Crippen LogP) is 2.13. The molecule has 2 aromatic rings. The molecule has 82 valence electrons. The summed E-state index contributed by atoms with van der Waals surface area (Å²) in [5, 5.41) is 1.35. The first-order valence-corrected chi connectivity index (χ1v) is 5.26. The van der Waals surface area contributed by atoms with Crippen LogP contribution in [-0.4, -0.2) is 10.4 Å². The van der Waals surface area contributed by atoms with Crippen molar-refractivity contribution in [2.45, 2.75) is 13.3 Å². The molecule has 0 bridgehead atoms. The quantitative estimate of drug-likeness (QED) is 0.720. The van der Waals surface area contributed by atoms with Crippen LogP contribution in [0.15, 0.2) is 35.3 Å². The number of aryl methyl sites for hydroxylation is 1. The Hall–Kier alpha value is -1.90. The van der Waals surface area contributed by atoms with Crippen LogP contribution in [0.4, 0.5) is 0 Å². The zero-order chi connectivity index (χ0) is 11.7. The van der Waals surface area contributed by atoms with Crippen LogP contribution in [0, 0.1) is 0 Å². The standard InChI is InChI=1S/C13H13NO2/c1-3-12(15)10-5-4-6-11-9(10)7-8-14(2)13(11)16/h4-8H,3H2,1-2H3. The van der Waals surface area contributed by atoms with Crippen LogP contribution in [0.25, 0.3) is 10.8 Å². The maximum atomic E-state index is 11.8. The normalized spacial score (nSPS) is 10.6. The fraction of sp³-hybridized carbons (Fsp3) is 0.231. The molecule has 0 aliphatic heterocycles. The number of hydrogen-bond donors (Lipinski definition) is 0. The van der Waals surface area contributed by atoms with E-state index in [1.807, 2.05) is 13.0 Å². The Morgan fingerprint density at radius 2 is 2.00 bits per heavy atom. The maximum Gasteiger partial charge on any atom is 0.258 e.